The van der Waals surface area contributed by atoms with Crippen molar-refractivity contribution in [3.05, 3.63) is 12.0 Å². The third kappa shape index (κ3) is 2.09. The number of fused-ring (bicyclic) bond motifs is 1. The van der Waals surface area contributed by atoms with Gasteiger partial charge in [-0.05, 0) is 19.8 Å². The second kappa shape index (κ2) is 5.07. The molecule has 1 fully saturated rings. The summed E-state index contributed by atoms with van der Waals surface area (Å²) in [7, 11) is 0. The van der Waals surface area contributed by atoms with Crippen LogP contribution in [0.1, 0.15) is 31.4 Å². The molecule has 1 aliphatic rings. The van der Waals surface area contributed by atoms with Crippen LogP contribution in [0, 0.1) is 6.92 Å². The fraction of sp³-hybridized carbons (Fsp3) is 0.538. The van der Waals surface area contributed by atoms with Crippen LogP contribution in [-0.2, 0) is 4.79 Å². The topological polar surface area (TPSA) is 92.4 Å². The fourth-order valence-electron chi connectivity index (χ4n) is 2.74. The van der Waals surface area contributed by atoms with Gasteiger partial charge in [-0.2, -0.15) is 4.98 Å². The average molecular weight is 276 g/mol. The second-order valence-corrected chi connectivity index (χ2v) is 5.04. The molecule has 20 heavy (non-hydrogen) atoms. The molecular formula is C13H16N4O3. The van der Waals surface area contributed by atoms with Gasteiger partial charge in [0.1, 0.15) is 23.6 Å². The van der Waals surface area contributed by atoms with Crippen molar-refractivity contribution in [3.8, 4) is 0 Å². The summed E-state index contributed by atoms with van der Waals surface area (Å²) in [4.78, 5) is 21.7. The number of hydrogen-bond acceptors (Lipinski definition) is 6. The molecule has 0 bridgehead atoms. The van der Waals surface area contributed by atoms with Gasteiger partial charge in [0.15, 0.2) is 0 Å². The van der Waals surface area contributed by atoms with E-state index in [1.165, 1.54) is 6.33 Å². The average Bonchev–Trinajstić information content (AvgIpc) is 2.68. The van der Waals surface area contributed by atoms with Gasteiger partial charge in [-0.25, -0.2) is 9.78 Å². The van der Waals surface area contributed by atoms with E-state index in [0.29, 0.717) is 35.6 Å². The summed E-state index contributed by atoms with van der Waals surface area (Å²) in [6.07, 6.45) is 4.94. The lowest BCUT2D eigenvalue weighted by molar-refractivity contribution is -0.138. The summed E-state index contributed by atoms with van der Waals surface area (Å²) in [5, 5.41) is 14.1. The van der Waals surface area contributed by atoms with E-state index >= 15 is 0 Å². The van der Waals surface area contributed by atoms with Crippen LogP contribution in [0.4, 0.5) is 5.82 Å². The van der Waals surface area contributed by atoms with Gasteiger partial charge in [0, 0.05) is 6.54 Å². The van der Waals surface area contributed by atoms with Gasteiger partial charge in [0.05, 0.1) is 5.69 Å². The van der Waals surface area contributed by atoms with Gasteiger partial charge in [-0.3, -0.25) is 0 Å². The van der Waals surface area contributed by atoms with E-state index in [1.54, 1.807) is 0 Å². The molecule has 1 atom stereocenters. The number of hydrogen-bond donors (Lipinski definition) is 1. The van der Waals surface area contributed by atoms with Crippen molar-refractivity contribution in [2.45, 2.75) is 38.6 Å². The molecule has 0 saturated carbocycles. The number of carboxylic acid groups (broad SMARTS) is 1. The standard InChI is InChI=1S/C13H16N4O3/c1-8-10-11(14-7-15-12(10)20-16-8)17-6-4-2-3-5-9(17)13(18)19/h7,9H,2-6H2,1H3,(H,18,19). The zero-order valence-corrected chi connectivity index (χ0v) is 11.2. The second-order valence-electron chi connectivity index (χ2n) is 5.04. The minimum absolute atomic E-state index is 0.404. The van der Waals surface area contributed by atoms with Crippen LogP contribution in [0.15, 0.2) is 10.9 Å². The van der Waals surface area contributed by atoms with Crippen molar-refractivity contribution >= 4 is 22.9 Å². The van der Waals surface area contributed by atoms with Gasteiger partial charge < -0.3 is 14.5 Å². The van der Waals surface area contributed by atoms with Crippen LogP contribution in [0.5, 0.6) is 0 Å². The summed E-state index contributed by atoms with van der Waals surface area (Å²) in [6, 6.07) is -0.551. The molecule has 106 valence electrons. The summed E-state index contributed by atoms with van der Waals surface area (Å²) in [5.41, 5.74) is 1.09. The lowest BCUT2D eigenvalue weighted by Gasteiger charge is -2.28. The number of rotatable bonds is 2. The first-order chi connectivity index (χ1) is 9.68. The minimum atomic E-state index is -0.812. The fourth-order valence-corrected chi connectivity index (χ4v) is 2.74. The first-order valence-electron chi connectivity index (χ1n) is 6.75. The highest BCUT2D eigenvalue weighted by Gasteiger charge is 2.30. The van der Waals surface area contributed by atoms with Crippen molar-refractivity contribution in [2.75, 3.05) is 11.4 Å². The Morgan fingerprint density at radius 2 is 2.25 bits per heavy atom. The highest BCUT2D eigenvalue weighted by molar-refractivity contribution is 5.90. The molecule has 0 aliphatic carbocycles. The Kier molecular flexibility index (Phi) is 3.25. The maximum atomic E-state index is 11.5. The molecular weight excluding hydrogens is 260 g/mol. The predicted molar refractivity (Wildman–Crippen MR) is 71.6 cm³/mol. The third-order valence-corrected chi connectivity index (χ3v) is 3.73. The van der Waals surface area contributed by atoms with Gasteiger partial charge >= 0.3 is 5.97 Å². The first kappa shape index (κ1) is 12.8. The maximum Gasteiger partial charge on any atom is 0.326 e. The van der Waals surface area contributed by atoms with Crippen molar-refractivity contribution < 1.29 is 14.4 Å². The zero-order valence-electron chi connectivity index (χ0n) is 11.2. The quantitative estimate of drug-likeness (QED) is 0.893. The molecule has 7 heteroatoms. The van der Waals surface area contributed by atoms with E-state index in [9.17, 15) is 9.90 Å². The number of aliphatic carboxylic acids is 1. The predicted octanol–water partition coefficient (Wildman–Crippen LogP) is 1.76. The molecule has 2 aromatic heterocycles. The molecule has 1 aliphatic heterocycles. The van der Waals surface area contributed by atoms with Crippen LogP contribution in [0.3, 0.4) is 0 Å². The van der Waals surface area contributed by atoms with E-state index in [1.807, 2.05) is 11.8 Å². The molecule has 3 rings (SSSR count). The number of anilines is 1. The van der Waals surface area contributed by atoms with Crippen molar-refractivity contribution in [1.29, 1.82) is 0 Å². The molecule has 0 aromatic carbocycles. The van der Waals surface area contributed by atoms with E-state index in [-0.39, 0.29) is 0 Å². The Balaban J connectivity index is 2.11. The molecule has 7 nitrogen and oxygen atoms in total. The number of carboxylic acids is 1. The first-order valence-corrected chi connectivity index (χ1v) is 6.75. The lowest BCUT2D eigenvalue weighted by atomic mass is 10.1. The van der Waals surface area contributed by atoms with E-state index < -0.39 is 12.0 Å². The highest BCUT2D eigenvalue weighted by Crippen LogP contribution is 2.30. The molecule has 0 spiro atoms. The lowest BCUT2D eigenvalue weighted by Crippen LogP contribution is -2.41. The Bertz CT molecular complexity index is 640. The van der Waals surface area contributed by atoms with Gasteiger partial charge in [0.2, 0.25) is 0 Å². The van der Waals surface area contributed by atoms with Crippen molar-refractivity contribution in [3.63, 3.8) is 0 Å². The van der Waals surface area contributed by atoms with Crippen LogP contribution >= 0.6 is 0 Å². The van der Waals surface area contributed by atoms with Gasteiger partial charge in [-0.15, -0.1) is 0 Å². The number of nitrogens with zero attached hydrogens (tertiary/aromatic N) is 4. The van der Waals surface area contributed by atoms with Crippen LogP contribution in [0.2, 0.25) is 0 Å². The smallest absolute Gasteiger partial charge is 0.326 e. The van der Waals surface area contributed by atoms with Crippen LogP contribution in [0.25, 0.3) is 11.1 Å². The molecule has 2 aromatic rings. The summed E-state index contributed by atoms with van der Waals surface area (Å²) >= 11 is 0. The van der Waals surface area contributed by atoms with E-state index in [0.717, 1.165) is 19.3 Å². The number of carbonyl (C=O) groups is 1. The van der Waals surface area contributed by atoms with Gasteiger partial charge in [0.25, 0.3) is 5.71 Å². The number of aryl methyl sites for hydroxylation is 1. The minimum Gasteiger partial charge on any atom is -0.480 e. The largest absolute Gasteiger partial charge is 0.480 e. The molecule has 1 saturated heterocycles. The number of aromatic nitrogens is 3. The van der Waals surface area contributed by atoms with Crippen LogP contribution < -0.4 is 4.90 Å². The van der Waals surface area contributed by atoms with E-state index in [4.69, 9.17) is 4.52 Å². The molecule has 3 heterocycles. The SMILES string of the molecule is Cc1noc2ncnc(N3CCCCCC3C(=O)O)c12. The third-order valence-electron chi connectivity index (χ3n) is 3.73. The molecule has 1 N–H and O–H groups in total. The Hall–Kier alpha value is -2.18. The summed E-state index contributed by atoms with van der Waals surface area (Å²) in [6.45, 7) is 2.49. The van der Waals surface area contributed by atoms with E-state index in [2.05, 4.69) is 15.1 Å². The Morgan fingerprint density at radius 3 is 3.05 bits per heavy atom. The summed E-state index contributed by atoms with van der Waals surface area (Å²) < 4.78 is 5.13. The summed E-state index contributed by atoms with van der Waals surface area (Å²) in [5.74, 6) is -0.198. The monoisotopic (exact) mass is 276 g/mol. The zero-order chi connectivity index (χ0) is 14.1. The molecule has 0 radical (unpaired) electrons. The van der Waals surface area contributed by atoms with Crippen molar-refractivity contribution in [1.82, 2.24) is 15.1 Å². The van der Waals surface area contributed by atoms with Gasteiger partial charge in [-0.1, -0.05) is 18.0 Å². The normalized spacial score (nSPS) is 20.1. The molecule has 0 amide bonds. The Morgan fingerprint density at radius 1 is 1.40 bits per heavy atom. The Labute approximate surface area is 115 Å². The highest BCUT2D eigenvalue weighted by atomic mass is 16.5. The molecule has 1 unspecified atom stereocenters. The maximum absolute atomic E-state index is 11.5. The van der Waals surface area contributed by atoms with Crippen molar-refractivity contribution in [2.24, 2.45) is 0 Å². The van der Waals surface area contributed by atoms with Crippen LogP contribution in [-0.4, -0.2) is 38.8 Å².